The second kappa shape index (κ2) is 8.38. The molecule has 0 radical (unpaired) electrons. The van der Waals surface area contributed by atoms with Crippen molar-refractivity contribution in [3.05, 3.63) is 105 Å². The Bertz CT molecular complexity index is 1390. The maximum Gasteiger partial charge on any atom is 0.266 e. The Hall–Kier alpha value is -3.80. The van der Waals surface area contributed by atoms with Crippen LogP contribution >= 0.6 is 0 Å². The van der Waals surface area contributed by atoms with E-state index in [-0.39, 0.29) is 17.0 Å². The van der Waals surface area contributed by atoms with Gasteiger partial charge < -0.3 is 4.90 Å². The molecule has 1 amide bonds. The van der Waals surface area contributed by atoms with Crippen LogP contribution in [0.25, 0.3) is 16.6 Å². The van der Waals surface area contributed by atoms with Crippen LogP contribution in [0.3, 0.4) is 0 Å². The summed E-state index contributed by atoms with van der Waals surface area (Å²) in [6.07, 6.45) is 0. The molecule has 4 rings (SSSR count). The molecule has 1 heterocycles. The Kier molecular flexibility index (Phi) is 5.61. The molecule has 1 aromatic heterocycles. The van der Waals surface area contributed by atoms with E-state index in [4.69, 9.17) is 4.98 Å². The third-order valence-electron chi connectivity index (χ3n) is 5.90. The molecule has 0 spiro atoms. The number of rotatable bonds is 4. The SMILES string of the molecule is Cc1ccc(-n2c(C(C)N(C)C(=O)c3cccc(F)c3)nc3ccccc3c2=O)cc1C. The summed E-state index contributed by atoms with van der Waals surface area (Å²) < 4.78 is 15.2. The van der Waals surface area contributed by atoms with Gasteiger partial charge >= 0.3 is 0 Å². The van der Waals surface area contributed by atoms with Gasteiger partial charge in [-0.2, -0.15) is 0 Å². The quantitative estimate of drug-likeness (QED) is 0.460. The number of hydrogen-bond acceptors (Lipinski definition) is 3. The number of amides is 1. The van der Waals surface area contributed by atoms with Crippen molar-refractivity contribution in [3.8, 4) is 5.69 Å². The lowest BCUT2D eigenvalue weighted by molar-refractivity contribution is 0.0734. The Morgan fingerprint density at radius 1 is 1.00 bits per heavy atom. The molecule has 0 aliphatic carbocycles. The Labute approximate surface area is 185 Å². The molecule has 6 heteroatoms. The lowest BCUT2D eigenvalue weighted by Gasteiger charge is -2.27. The zero-order valence-corrected chi connectivity index (χ0v) is 18.5. The summed E-state index contributed by atoms with van der Waals surface area (Å²) in [5.41, 5.74) is 3.44. The maximum absolute atomic E-state index is 13.7. The molecular weight excluding hydrogens is 405 g/mol. The Morgan fingerprint density at radius 3 is 2.47 bits per heavy atom. The van der Waals surface area contributed by atoms with Crippen molar-refractivity contribution in [1.82, 2.24) is 14.5 Å². The highest BCUT2D eigenvalue weighted by Gasteiger charge is 2.25. The van der Waals surface area contributed by atoms with Gasteiger partial charge in [0.15, 0.2) is 0 Å². The summed E-state index contributed by atoms with van der Waals surface area (Å²) in [4.78, 5) is 32.8. The molecule has 32 heavy (non-hydrogen) atoms. The normalized spacial score (nSPS) is 12.0. The van der Waals surface area contributed by atoms with Crippen molar-refractivity contribution >= 4 is 16.8 Å². The second-order valence-corrected chi connectivity index (χ2v) is 8.00. The average Bonchev–Trinajstić information content (AvgIpc) is 2.79. The minimum absolute atomic E-state index is 0.202. The lowest BCUT2D eigenvalue weighted by atomic mass is 10.1. The molecule has 0 N–H and O–H groups in total. The molecule has 1 unspecified atom stereocenters. The van der Waals surface area contributed by atoms with Crippen LogP contribution in [0.1, 0.15) is 40.3 Å². The summed E-state index contributed by atoms with van der Waals surface area (Å²) in [5.74, 6) is -0.400. The predicted octanol–water partition coefficient (Wildman–Crippen LogP) is 4.97. The maximum atomic E-state index is 13.7. The standard InChI is InChI=1S/C26H24FN3O2/c1-16-12-13-21(14-17(16)2)30-24(28-23-11-6-5-10-22(23)26(30)32)18(3)29(4)25(31)19-8-7-9-20(27)15-19/h5-15,18H,1-4H3. The number of carbonyl (C=O) groups is 1. The van der Waals surface area contributed by atoms with E-state index in [2.05, 4.69) is 0 Å². The van der Waals surface area contributed by atoms with Crippen molar-refractivity contribution < 1.29 is 9.18 Å². The van der Waals surface area contributed by atoms with Gasteiger partial charge in [-0.25, -0.2) is 9.37 Å². The molecule has 4 aromatic rings. The van der Waals surface area contributed by atoms with Crippen LogP contribution in [0.2, 0.25) is 0 Å². The molecule has 1 atom stereocenters. The first kappa shape index (κ1) is 21.4. The monoisotopic (exact) mass is 429 g/mol. The van der Waals surface area contributed by atoms with Crippen molar-refractivity contribution in [3.63, 3.8) is 0 Å². The summed E-state index contributed by atoms with van der Waals surface area (Å²) in [7, 11) is 1.63. The molecule has 0 bridgehead atoms. The van der Waals surface area contributed by atoms with E-state index in [1.54, 1.807) is 35.9 Å². The van der Waals surface area contributed by atoms with E-state index in [1.807, 2.05) is 45.0 Å². The molecule has 0 aliphatic heterocycles. The van der Waals surface area contributed by atoms with E-state index < -0.39 is 11.9 Å². The molecule has 3 aromatic carbocycles. The highest BCUT2D eigenvalue weighted by molar-refractivity contribution is 5.94. The van der Waals surface area contributed by atoms with Gasteiger partial charge in [0.05, 0.1) is 22.6 Å². The van der Waals surface area contributed by atoms with Gasteiger partial charge in [0.1, 0.15) is 11.6 Å². The smallest absolute Gasteiger partial charge is 0.266 e. The molecule has 0 aliphatic rings. The summed E-state index contributed by atoms with van der Waals surface area (Å²) in [5, 5.41) is 0.501. The topological polar surface area (TPSA) is 55.2 Å². The number of fused-ring (bicyclic) bond motifs is 1. The first-order valence-electron chi connectivity index (χ1n) is 10.4. The Balaban J connectivity index is 1.89. The van der Waals surface area contributed by atoms with Gasteiger partial charge in [0.2, 0.25) is 0 Å². The number of para-hydroxylation sites is 1. The van der Waals surface area contributed by atoms with Gasteiger partial charge in [-0.15, -0.1) is 0 Å². The molecule has 0 fully saturated rings. The van der Waals surface area contributed by atoms with Gasteiger partial charge in [0.25, 0.3) is 11.5 Å². The highest BCUT2D eigenvalue weighted by atomic mass is 19.1. The minimum atomic E-state index is -0.551. The Morgan fingerprint density at radius 2 is 1.75 bits per heavy atom. The van der Waals surface area contributed by atoms with Gasteiger partial charge in [-0.05, 0) is 74.4 Å². The number of hydrogen-bond donors (Lipinski definition) is 0. The van der Waals surface area contributed by atoms with Crippen LogP contribution in [-0.4, -0.2) is 27.4 Å². The third kappa shape index (κ3) is 3.80. The highest BCUT2D eigenvalue weighted by Crippen LogP contribution is 2.24. The number of carbonyl (C=O) groups excluding carboxylic acids is 1. The van der Waals surface area contributed by atoms with Crippen LogP contribution in [0, 0.1) is 19.7 Å². The lowest BCUT2D eigenvalue weighted by Crippen LogP contribution is -2.35. The van der Waals surface area contributed by atoms with E-state index in [0.29, 0.717) is 22.4 Å². The molecule has 5 nitrogen and oxygen atoms in total. The molecule has 0 saturated heterocycles. The predicted molar refractivity (Wildman–Crippen MR) is 124 cm³/mol. The van der Waals surface area contributed by atoms with Crippen LogP contribution in [0.15, 0.2) is 71.5 Å². The summed E-state index contributed by atoms with van der Waals surface area (Å²) in [6.45, 7) is 5.81. The van der Waals surface area contributed by atoms with Crippen LogP contribution < -0.4 is 5.56 Å². The second-order valence-electron chi connectivity index (χ2n) is 8.00. The number of nitrogens with zero attached hydrogens (tertiary/aromatic N) is 3. The number of aryl methyl sites for hydroxylation is 2. The number of halogens is 1. The zero-order valence-electron chi connectivity index (χ0n) is 18.5. The minimum Gasteiger partial charge on any atom is -0.332 e. The first-order chi connectivity index (χ1) is 15.3. The van der Waals surface area contributed by atoms with E-state index in [9.17, 15) is 14.0 Å². The van der Waals surface area contributed by atoms with Crippen LogP contribution in [-0.2, 0) is 0 Å². The van der Waals surface area contributed by atoms with Crippen LogP contribution in [0.4, 0.5) is 4.39 Å². The molecular formula is C26H24FN3O2. The van der Waals surface area contributed by atoms with Crippen molar-refractivity contribution in [2.75, 3.05) is 7.05 Å². The van der Waals surface area contributed by atoms with Crippen molar-refractivity contribution in [2.45, 2.75) is 26.8 Å². The third-order valence-corrected chi connectivity index (χ3v) is 5.90. The number of benzene rings is 3. The van der Waals surface area contributed by atoms with E-state index in [0.717, 1.165) is 11.1 Å². The van der Waals surface area contributed by atoms with Gasteiger partial charge in [0, 0.05) is 12.6 Å². The summed E-state index contributed by atoms with van der Waals surface area (Å²) in [6, 6.07) is 18.0. The van der Waals surface area contributed by atoms with Gasteiger partial charge in [-0.3, -0.25) is 14.2 Å². The van der Waals surface area contributed by atoms with Crippen molar-refractivity contribution in [2.24, 2.45) is 0 Å². The van der Waals surface area contributed by atoms with Crippen molar-refractivity contribution in [1.29, 1.82) is 0 Å². The van der Waals surface area contributed by atoms with E-state index in [1.165, 1.54) is 23.1 Å². The molecule has 0 saturated carbocycles. The number of aromatic nitrogens is 2. The fourth-order valence-electron chi connectivity index (χ4n) is 3.72. The average molecular weight is 429 g/mol. The zero-order chi connectivity index (χ0) is 23.0. The fourth-order valence-corrected chi connectivity index (χ4v) is 3.72. The van der Waals surface area contributed by atoms with Crippen LogP contribution in [0.5, 0.6) is 0 Å². The summed E-state index contributed by atoms with van der Waals surface area (Å²) >= 11 is 0. The van der Waals surface area contributed by atoms with E-state index >= 15 is 0 Å². The van der Waals surface area contributed by atoms with Gasteiger partial charge in [-0.1, -0.05) is 24.3 Å². The molecule has 162 valence electrons. The first-order valence-corrected chi connectivity index (χ1v) is 10.4. The fraction of sp³-hybridized carbons (Fsp3) is 0.192. The largest absolute Gasteiger partial charge is 0.332 e.